The van der Waals surface area contributed by atoms with Crippen LogP contribution in [0.4, 0.5) is 5.69 Å². The van der Waals surface area contributed by atoms with E-state index in [1.54, 1.807) is 0 Å². The molecule has 1 saturated heterocycles. The van der Waals surface area contributed by atoms with Crippen LogP contribution in [-0.2, 0) is 7.05 Å². The molecule has 3 rings (SSSR count). The third-order valence-electron chi connectivity index (χ3n) is 4.82. The van der Waals surface area contributed by atoms with Gasteiger partial charge < -0.3 is 4.90 Å². The number of anilines is 1. The van der Waals surface area contributed by atoms with E-state index in [1.807, 2.05) is 30.2 Å². The molecule has 1 aliphatic heterocycles. The van der Waals surface area contributed by atoms with Crippen molar-refractivity contribution in [3.8, 4) is 0 Å². The summed E-state index contributed by atoms with van der Waals surface area (Å²) in [6, 6.07) is 4.61. The Balaban J connectivity index is 1.68. The molecule has 1 atom stereocenters. The molecule has 0 spiro atoms. The third kappa shape index (κ3) is 2.73. The molecule has 0 saturated carbocycles. The lowest BCUT2D eigenvalue weighted by atomic mass is 10.1. The summed E-state index contributed by atoms with van der Waals surface area (Å²) in [5, 5.41) is 4.54. The van der Waals surface area contributed by atoms with E-state index in [-0.39, 0.29) is 0 Å². The Hall–Kier alpha value is -1.88. The van der Waals surface area contributed by atoms with Crippen LogP contribution in [0, 0.1) is 13.8 Å². The molecule has 0 bridgehead atoms. The van der Waals surface area contributed by atoms with Gasteiger partial charge in [0.1, 0.15) is 0 Å². The van der Waals surface area contributed by atoms with Crippen molar-refractivity contribution >= 4 is 5.69 Å². The zero-order valence-corrected chi connectivity index (χ0v) is 14.0. The Morgan fingerprint density at radius 3 is 2.41 bits per heavy atom. The van der Waals surface area contributed by atoms with Gasteiger partial charge in [-0.25, -0.2) is 0 Å². The largest absolute Gasteiger partial charge is 0.366 e. The second kappa shape index (κ2) is 6.08. The van der Waals surface area contributed by atoms with Crippen LogP contribution in [0.3, 0.4) is 0 Å². The first-order valence-electron chi connectivity index (χ1n) is 7.97. The SMILES string of the molecule is Cc1nn(C)c(C)c1N1CCN(C(C)c2cccnc2)CC1. The number of piperazine rings is 1. The van der Waals surface area contributed by atoms with Gasteiger partial charge >= 0.3 is 0 Å². The van der Waals surface area contributed by atoms with Gasteiger partial charge in [0, 0.05) is 51.7 Å². The molecule has 3 heterocycles. The fourth-order valence-corrected chi connectivity index (χ4v) is 3.39. The van der Waals surface area contributed by atoms with Crippen LogP contribution in [0.1, 0.15) is 29.9 Å². The van der Waals surface area contributed by atoms with Crippen LogP contribution in [0.2, 0.25) is 0 Å². The minimum Gasteiger partial charge on any atom is -0.366 e. The van der Waals surface area contributed by atoms with Crippen molar-refractivity contribution in [3.05, 3.63) is 41.5 Å². The normalized spacial score (nSPS) is 17.7. The summed E-state index contributed by atoms with van der Waals surface area (Å²) >= 11 is 0. The van der Waals surface area contributed by atoms with Crippen molar-refractivity contribution in [3.63, 3.8) is 0 Å². The van der Waals surface area contributed by atoms with Gasteiger partial charge in [0.05, 0.1) is 17.1 Å². The number of hydrogen-bond acceptors (Lipinski definition) is 4. The van der Waals surface area contributed by atoms with Gasteiger partial charge in [-0.3, -0.25) is 14.6 Å². The monoisotopic (exact) mass is 299 g/mol. The molecule has 0 radical (unpaired) electrons. The first-order chi connectivity index (χ1) is 10.6. The van der Waals surface area contributed by atoms with Gasteiger partial charge in [-0.05, 0) is 32.4 Å². The first-order valence-corrected chi connectivity index (χ1v) is 7.97. The van der Waals surface area contributed by atoms with Crippen molar-refractivity contribution in [2.45, 2.75) is 26.8 Å². The average Bonchev–Trinajstić information content (AvgIpc) is 2.80. The van der Waals surface area contributed by atoms with E-state index in [2.05, 4.69) is 46.7 Å². The van der Waals surface area contributed by atoms with Crippen LogP contribution in [0.5, 0.6) is 0 Å². The highest BCUT2D eigenvalue weighted by Gasteiger charge is 2.25. The molecule has 2 aromatic heterocycles. The molecule has 1 unspecified atom stereocenters. The van der Waals surface area contributed by atoms with E-state index in [9.17, 15) is 0 Å². The molecule has 1 aliphatic rings. The predicted octanol–water partition coefficient (Wildman–Crippen LogP) is 2.32. The van der Waals surface area contributed by atoms with E-state index < -0.39 is 0 Å². The van der Waals surface area contributed by atoms with Gasteiger partial charge in [-0.1, -0.05) is 6.07 Å². The summed E-state index contributed by atoms with van der Waals surface area (Å²) in [7, 11) is 2.02. The summed E-state index contributed by atoms with van der Waals surface area (Å²) in [4.78, 5) is 9.25. The van der Waals surface area contributed by atoms with Crippen LogP contribution in [0.25, 0.3) is 0 Å². The number of hydrogen-bond donors (Lipinski definition) is 0. The minimum atomic E-state index is 0.423. The molecule has 2 aromatic rings. The van der Waals surface area contributed by atoms with E-state index in [0.29, 0.717) is 6.04 Å². The third-order valence-corrected chi connectivity index (χ3v) is 4.82. The van der Waals surface area contributed by atoms with E-state index in [1.165, 1.54) is 16.9 Å². The van der Waals surface area contributed by atoms with Gasteiger partial charge in [-0.15, -0.1) is 0 Å². The maximum absolute atomic E-state index is 4.54. The molecule has 22 heavy (non-hydrogen) atoms. The Bertz CT molecular complexity index is 626. The summed E-state index contributed by atoms with van der Waals surface area (Å²) < 4.78 is 1.98. The Kier molecular flexibility index (Phi) is 4.16. The predicted molar refractivity (Wildman–Crippen MR) is 89.1 cm³/mol. The lowest BCUT2D eigenvalue weighted by Gasteiger charge is -2.39. The maximum atomic E-state index is 4.54. The molecule has 0 aliphatic carbocycles. The molecule has 5 nitrogen and oxygen atoms in total. The minimum absolute atomic E-state index is 0.423. The highest BCUT2D eigenvalue weighted by Crippen LogP contribution is 2.27. The second-order valence-electron chi connectivity index (χ2n) is 6.13. The van der Waals surface area contributed by atoms with E-state index >= 15 is 0 Å². The van der Waals surface area contributed by atoms with Crippen molar-refractivity contribution < 1.29 is 0 Å². The molecule has 118 valence electrons. The highest BCUT2D eigenvalue weighted by atomic mass is 15.3. The quantitative estimate of drug-likeness (QED) is 0.871. The van der Waals surface area contributed by atoms with Crippen molar-refractivity contribution in [1.29, 1.82) is 0 Å². The van der Waals surface area contributed by atoms with E-state index in [0.717, 1.165) is 31.9 Å². The van der Waals surface area contributed by atoms with Gasteiger partial charge in [0.2, 0.25) is 0 Å². The Morgan fingerprint density at radius 2 is 1.86 bits per heavy atom. The van der Waals surface area contributed by atoms with Gasteiger partial charge in [-0.2, -0.15) is 5.10 Å². The van der Waals surface area contributed by atoms with Crippen molar-refractivity contribution in [1.82, 2.24) is 19.7 Å². The molecule has 0 amide bonds. The van der Waals surface area contributed by atoms with Crippen LogP contribution >= 0.6 is 0 Å². The van der Waals surface area contributed by atoms with Gasteiger partial charge in [0.25, 0.3) is 0 Å². The smallest absolute Gasteiger partial charge is 0.0829 e. The summed E-state index contributed by atoms with van der Waals surface area (Å²) in [6.45, 7) is 10.8. The molecule has 5 heteroatoms. The molecule has 0 aromatic carbocycles. The van der Waals surface area contributed by atoms with Crippen LogP contribution < -0.4 is 4.90 Å². The summed E-state index contributed by atoms with van der Waals surface area (Å²) in [5.74, 6) is 0. The molecular weight excluding hydrogens is 274 g/mol. The topological polar surface area (TPSA) is 37.2 Å². The molecule has 1 fully saturated rings. The fourth-order valence-electron chi connectivity index (χ4n) is 3.39. The molecule has 0 N–H and O–H groups in total. The number of pyridine rings is 1. The molecular formula is C17H25N5. The average molecular weight is 299 g/mol. The van der Waals surface area contributed by atoms with Crippen LogP contribution in [0.15, 0.2) is 24.5 Å². The zero-order valence-electron chi connectivity index (χ0n) is 14.0. The van der Waals surface area contributed by atoms with Crippen LogP contribution in [-0.4, -0.2) is 45.8 Å². The zero-order chi connectivity index (χ0) is 15.7. The number of nitrogens with zero attached hydrogens (tertiary/aromatic N) is 5. The second-order valence-corrected chi connectivity index (χ2v) is 6.13. The first kappa shape index (κ1) is 15.0. The van der Waals surface area contributed by atoms with Crippen molar-refractivity contribution in [2.75, 3.05) is 31.1 Å². The summed E-state index contributed by atoms with van der Waals surface area (Å²) in [5.41, 5.74) is 5.00. The number of rotatable bonds is 3. The van der Waals surface area contributed by atoms with Gasteiger partial charge in [0.15, 0.2) is 0 Å². The Morgan fingerprint density at radius 1 is 1.14 bits per heavy atom. The standard InChI is InChI=1S/C17H25N5/c1-13-17(15(3)20(4)19-13)22-10-8-21(9-11-22)14(2)16-6-5-7-18-12-16/h5-7,12,14H,8-11H2,1-4H3. The number of aryl methyl sites for hydroxylation is 2. The lowest BCUT2D eigenvalue weighted by molar-refractivity contribution is 0.198. The highest BCUT2D eigenvalue weighted by molar-refractivity contribution is 5.55. The number of aromatic nitrogens is 3. The van der Waals surface area contributed by atoms with E-state index in [4.69, 9.17) is 0 Å². The Labute approximate surface area is 132 Å². The lowest BCUT2D eigenvalue weighted by Crippen LogP contribution is -2.47. The maximum Gasteiger partial charge on any atom is 0.0829 e. The summed E-state index contributed by atoms with van der Waals surface area (Å²) in [6.07, 6.45) is 3.81. The van der Waals surface area contributed by atoms with Crippen molar-refractivity contribution in [2.24, 2.45) is 7.05 Å². The fraction of sp³-hybridized carbons (Fsp3) is 0.529.